The molecular formula is C12Br6N6. The van der Waals surface area contributed by atoms with Crippen LogP contribution in [0.2, 0.25) is 0 Å². The molecule has 0 N–H and O–H groups in total. The third-order valence-corrected chi connectivity index (χ3v) is 8.03. The molecule has 0 saturated carbocycles. The summed E-state index contributed by atoms with van der Waals surface area (Å²) in [6, 6.07) is 0. The molecule has 0 saturated heterocycles. The van der Waals surface area contributed by atoms with Gasteiger partial charge in [0.25, 0.3) is 0 Å². The van der Waals surface area contributed by atoms with Crippen molar-refractivity contribution >= 4 is 129 Å². The van der Waals surface area contributed by atoms with Crippen LogP contribution in [0.25, 0.3) is 33.1 Å². The van der Waals surface area contributed by atoms with Crippen molar-refractivity contribution in [2.75, 3.05) is 0 Å². The van der Waals surface area contributed by atoms with E-state index in [9.17, 15) is 0 Å². The lowest BCUT2D eigenvalue weighted by Gasteiger charge is -2.09. The molecule has 24 heavy (non-hydrogen) atoms. The first-order valence-corrected chi connectivity index (χ1v) is 10.8. The molecule has 0 bridgehead atoms. The van der Waals surface area contributed by atoms with Crippen molar-refractivity contribution in [3.8, 4) is 0 Å². The summed E-state index contributed by atoms with van der Waals surface area (Å²) in [7, 11) is 0. The number of rotatable bonds is 0. The van der Waals surface area contributed by atoms with E-state index in [0.717, 1.165) is 0 Å². The van der Waals surface area contributed by atoms with Crippen LogP contribution in [0.5, 0.6) is 0 Å². The molecule has 4 rings (SSSR count). The Morgan fingerprint density at radius 1 is 0.292 bits per heavy atom. The average molecular weight is 708 g/mol. The van der Waals surface area contributed by atoms with Crippen LogP contribution in [-0.4, -0.2) is 29.9 Å². The molecule has 0 aliphatic carbocycles. The Labute approximate surface area is 184 Å². The molecule has 0 amide bonds. The molecule has 0 aliphatic rings. The van der Waals surface area contributed by atoms with Gasteiger partial charge in [-0.1, -0.05) is 0 Å². The summed E-state index contributed by atoms with van der Waals surface area (Å²) < 4.78 is 3.42. The van der Waals surface area contributed by atoms with Crippen LogP contribution in [0.4, 0.5) is 0 Å². The zero-order chi connectivity index (χ0) is 17.2. The van der Waals surface area contributed by atoms with Gasteiger partial charge in [-0.05, 0) is 95.6 Å². The Hall–Kier alpha value is 0.120. The van der Waals surface area contributed by atoms with Gasteiger partial charge in [0.2, 0.25) is 0 Å². The third kappa shape index (κ3) is 2.73. The predicted octanol–water partition coefficient (Wildman–Crippen LogP) is 6.09. The van der Waals surface area contributed by atoms with Gasteiger partial charge < -0.3 is 0 Å². The molecule has 0 unspecified atom stereocenters. The number of benzene rings is 1. The zero-order valence-electron chi connectivity index (χ0n) is 11.0. The van der Waals surface area contributed by atoms with Crippen molar-refractivity contribution < 1.29 is 0 Å². The largest absolute Gasteiger partial charge is 0.234 e. The maximum Gasteiger partial charge on any atom is 0.139 e. The molecule has 4 aromatic rings. The number of hydrogen-bond donors (Lipinski definition) is 0. The van der Waals surface area contributed by atoms with Crippen LogP contribution in [0.1, 0.15) is 0 Å². The van der Waals surface area contributed by atoms with Crippen LogP contribution in [0.15, 0.2) is 27.6 Å². The van der Waals surface area contributed by atoms with Crippen LogP contribution in [0.3, 0.4) is 0 Å². The van der Waals surface area contributed by atoms with E-state index >= 15 is 0 Å². The van der Waals surface area contributed by atoms with Crippen molar-refractivity contribution in [1.29, 1.82) is 0 Å². The lowest BCUT2D eigenvalue weighted by Crippen LogP contribution is -1.99. The molecule has 120 valence electrons. The second-order valence-corrected chi connectivity index (χ2v) is 9.01. The molecular weight excluding hydrogens is 708 g/mol. The maximum atomic E-state index is 4.55. The lowest BCUT2D eigenvalue weighted by atomic mass is 10.2. The van der Waals surface area contributed by atoms with Crippen molar-refractivity contribution in [3.63, 3.8) is 0 Å². The quantitative estimate of drug-likeness (QED) is 0.206. The third-order valence-electron chi connectivity index (χ3n) is 3.12. The van der Waals surface area contributed by atoms with E-state index in [0.29, 0.717) is 60.7 Å². The van der Waals surface area contributed by atoms with Crippen LogP contribution < -0.4 is 0 Å². The lowest BCUT2D eigenvalue weighted by molar-refractivity contribution is 1.16. The second-order valence-electron chi connectivity index (χ2n) is 4.51. The number of aromatic nitrogens is 6. The van der Waals surface area contributed by atoms with E-state index < -0.39 is 0 Å². The minimum Gasteiger partial charge on any atom is -0.234 e. The number of fused-ring (bicyclic) bond motifs is 6. The van der Waals surface area contributed by atoms with E-state index in [4.69, 9.17) is 0 Å². The molecule has 0 radical (unpaired) electrons. The first-order valence-electron chi connectivity index (χ1n) is 6.07. The summed E-state index contributed by atoms with van der Waals surface area (Å²) in [6.07, 6.45) is 0. The summed E-state index contributed by atoms with van der Waals surface area (Å²) in [5.74, 6) is 0. The summed E-state index contributed by atoms with van der Waals surface area (Å²) >= 11 is 20.3. The summed E-state index contributed by atoms with van der Waals surface area (Å²) in [4.78, 5) is 27.3. The minimum atomic E-state index is 0.570. The van der Waals surface area contributed by atoms with Gasteiger partial charge in [-0.3, -0.25) is 0 Å². The van der Waals surface area contributed by atoms with E-state index in [1.165, 1.54) is 0 Å². The molecule has 3 aromatic heterocycles. The van der Waals surface area contributed by atoms with Crippen LogP contribution in [0, 0.1) is 0 Å². The normalized spacial score (nSPS) is 11.8. The summed E-state index contributed by atoms with van der Waals surface area (Å²) in [5, 5.41) is 0. The molecule has 1 aromatic carbocycles. The van der Waals surface area contributed by atoms with Gasteiger partial charge in [0, 0.05) is 0 Å². The molecule has 12 heteroatoms. The first-order chi connectivity index (χ1) is 11.4. The Morgan fingerprint density at radius 2 is 0.417 bits per heavy atom. The van der Waals surface area contributed by atoms with Gasteiger partial charge in [-0.15, -0.1) is 0 Å². The highest BCUT2D eigenvalue weighted by atomic mass is 79.9. The maximum absolute atomic E-state index is 4.55. The zero-order valence-corrected chi connectivity index (χ0v) is 20.5. The van der Waals surface area contributed by atoms with Crippen LogP contribution >= 0.6 is 95.6 Å². The van der Waals surface area contributed by atoms with E-state index in [-0.39, 0.29) is 0 Å². The van der Waals surface area contributed by atoms with Gasteiger partial charge in [0.05, 0.1) is 0 Å². The van der Waals surface area contributed by atoms with Gasteiger partial charge in [0.1, 0.15) is 60.7 Å². The van der Waals surface area contributed by atoms with Crippen molar-refractivity contribution in [1.82, 2.24) is 29.9 Å². The van der Waals surface area contributed by atoms with Crippen molar-refractivity contribution in [2.24, 2.45) is 0 Å². The Bertz CT molecular complexity index is 913. The monoisotopic (exact) mass is 702 g/mol. The molecule has 0 spiro atoms. The van der Waals surface area contributed by atoms with Gasteiger partial charge >= 0.3 is 0 Å². The number of hydrogen-bond acceptors (Lipinski definition) is 6. The number of nitrogens with zero attached hydrogens (tertiary/aromatic N) is 6. The van der Waals surface area contributed by atoms with Crippen molar-refractivity contribution in [2.45, 2.75) is 0 Å². The number of halogens is 6. The fourth-order valence-corrected chi connectivity index (χ4v) is 3.77. The van der Waals surface area contributed by atoms with E-state index in [1.807, 2.05) is 0 Å². The second kappa shape index (κ2) is 6.38. The highest BCUT2D eigenvalue weighted by molar-refractivity contribution is 9.13. The van der Waals surface area contributed by atoms with E-state index in [2.05, 4.69) is 125 Å². The minimum absolute atomic E-state index is 0.570. The summed E-state index contributed by atoms with van der Waals surface area (Å²) in [6.45, 7) is 0. The Morgan fingerprint density at radius 3 is 0.542 bits per heavy atom. The van der Waals surface area contributed by atoms with Crippen molar-refractivity contribution in [3.05, 3.63) is 27.6 Å². The standard InChI is InChI=1S/C12Br6N6/c13-7-8(14)20-2-1(19-7)3-5(22-10(16)9(15)21-3)6-4(2)23-11(17)12(18)24-6. The summed E-state index contributed by atoms with van der Waals surface area (Å²) in [5.41, 5.74) is 3.48. The molecule has 0 aliphatic heterocycles. The average Bonchev–Trinajstić information content (AvgIpc) is 2.53. The smallest absolute Gasteiger partial charge is 0.139 e. The molecule has 0 fully saturated rings. The molecule has 3 heterocycles. The molecule has 6 nitrogen and oxygen atoms in total. The highest BCUT2D eigenvalue weighted by Crippen LogP contribution is 2.35. The van der Waals surface area contributed by atoms with Gasteiger partial charge in [-0.25, -0.2) is 29.9 Å². The molecule has 0 atom stereocenters. The highest BCUT2D eigenvalue weighted by Gasteiger charge is 2.20. The van der Waals surface area contributed by atoms with Crippen LogP contribution in [-0.2, 0) is 0 Å². The topological polar surface area (TPSA) is 77.3 Å². The van der Waals surface area contributed by atoms with Gasteiger partial charge in [0.15, 0.2) is 0 Å². The predicted molar refractivity (Wildman–Crippen MR) is 112 cm³/mol. The van der Waals surface area contributed by atoms with Gasteiger partial charge in [-0.2, -0.15) is 0 Å². The Kier molecular flexibility index (Phi) is 4.66. The SMILES string of the molecule is Brc1nc2c3nc(Br)c(Br)nc3c3nc(Br)c(Br)nc3c2nc1Br. The Balaban J connectivity index is 2.40. The fraction of sp³-hybridized carbons (Fsp3) is 0. The first kappa shape index (κ1) is 17.5. The van der Waals surface area contributed by atoms with E-state index in [1.54, 1.807) is 0 Å². The fourth-order valence-electron chi connectivity index (χ4n) is 2.17.